The Morgan fingerprint density at radius 3 is 2.90 bits per heavy atom. The molecule has 1 N–H and O–H groups in total. The molecule has 3 rings (SSSR count). The molecule has 116 valence electrons. The first-order chi connectivity index (χ1) is 10.1. The van der Waals surface area contributed by atoms with Crippen molar-refractivity contribution in [2.75, 3.05) is 26.3 Å². The number of pyridine rings is 1. The monoisotopic (exact) mass is 292 g/mol. The lowest BCUT2D eigenvalue weighted by Gasteiger charge is -2.39. The van der Waals surface area contributed by atoms with Crippen LogP contribution < -0.4 is 0 Å². The highest BCUT2D eigenvalue weighted by Crippen LogP contribution is 2.34. The van der Waals surface area contributed by atoms with Gasteiger partial charge in [-0.25, -0.2) is 0 Å². The molecule has 5 heteroatoms. The molecule has 1 atom stereocenters. The maximum atomic E-state index is 9.96. The van der Waals surface area contributed by atoms with E-state index in [1.807, 2.05) is 13.0 Å². The standard InChI is InChI=1S/C16H24N2O3/c1-12-5-6-15(19)14(17-12)11-18-7-3-4-13(10-18)16(2)20-8-9-21-16/h5-6,13,19H,3-4,7-11H2,1-2H3/t13-/m0/s1. The van der Waals surface area contributed by atoms with Crippen LogP contribution in [0.25, 0.3) is 0 Å². The van der Waals surface area contributed by atoms with Crippen LogP contribution in [0, 0.1) is 12.8 Å². The number of piperidine rings is 1. The molecule has 2 aliphatic rings. The molecule has 0 amide bonds. The second-order valence-corrected chi connectivity index (χ2v) is 6.21. The Morgan fingerprint density at radius 1 is 1.38 bits per heavy atom. The number of nitrogens with zero attached hydrogens (tertiary/aromatic N) is 2. The third-order valence-corrected chi connectivity index (χ3v) is 4.57. The van der Waals surface area contributed by atoms with Gasteiger partial charge in [0.1, 0.15) is 5.75 Å². The molecule has 2 saturated heterocycles. The van der Waals surface area contributed by atoms with Crippen LogP contribution in [0.1, 0.15) is 31.2 Å². The van der Waals surface area contributed by atoms with Crippen LogP contribution in [0.3, 0.4) is 0 Å². The molecule has 0 radical (unpaired) electrons. The van der Waals surface area contributed by atoms with Crippen LogP contribution in [0.4, 0.5) is 0 Å². The van der Waals surface area contributed by atoms with E-state index in [1.54, 1.807) is 6.07 Å². The highest BCUT2D eigenvalue weighted by Gasteiger charge is 2.41. The molecule has 1 aromatic rings. The highest BCUT2D eigenvalue weighted by molar-refractivity contribution is 5.27. The Labute approximate surface area is 125 Å². The lowest BCUT2D eigenvalue weighted by molar-refractivity contribution is -0.192. The summed E-state index contributed by atoms with van der Waals surface area (Å²) in [6.07, 6.45) is 2.25. The zero-order valence-electron chi connectivity index (χ0n) is 12.8. The van der Waals surface area contributed by atoms with Crippen molar-refractivity contribution >= 4 is 0 Å². The minimum atomic E-state index is -0.444. The molecule has 2 fully saturated rings. The molecule has 0 spiro atoms. The second-order valence-electron chi connectivity index (χ2n) is 6.21. The third-order valence-electron chi connectivity index (χ3n) is 4.57. The van der Waals surface area contributed by atoms with Gasteiger partial charge in [-0.05, 0) is 45.4 Å². The van der Waals surface area contributed by atoms with Crippen LogP contribution in [0.2, 0.25) is 0 Å². The Balaban J connectivity index is 1.67. The number of ether oxygens (including phenoxy) is 2. The molecule has 0 aromatic carbocycles. The first-order valence-corrected chi connectivity index (χ1v) is 7.72. The largest absolute Gasteiger partial charge is 0.506 e. The summed E-state index contributed by atoms with van der Waals surface area (Å²) in [5, 5.41) is 9.96. The summed E-state index contributed by atoms with van der Waals surface area (Å²) >= 11 is 0. The Morgan fingerprint density at radius 2 is 2.14 bits per heavy atom. The minimum absolute atomic E-state index is 0.280. The number of rotatable bonds is 3. The lowest BCUT2D eigenvalue weighted by Crippen LogP contribution is -2.46. The number of hydrogen-bond donors (Lipinski definition) is 1. The van der Waals surface area contributed by atoms with Crippen molar-refractivity contribution in [2.45, 2.75) is 39.0 Å². The van der Waals surface area contributed by atoms with Crippen molar-refractivity contribution in [1.82, 2.24) is 9.88 Å². The molecule has 2 aliphatic heterocycles. The molecule has 0 unspecified atom stereocenters. The van der Waals surface area contributed by atoms with E-state index in [1.165, 1.54) is 0 Å². The molecule has 0 saturated carbocycles. The van der Waals surface area contributed by atoms with Crippen molar-refractivity contribution < 1.29 is 14.6 Å². The minimum Gasteiger partial charge on any atom is -0.506 e. The van der Waals surface area contributed by atoms with Gasteiger partial charge in [0, 0.05) is 24.7 Å². The first kappa shape index (κ1) is 14.8. The lowest BCUT2D eigenvalue weighted by atomic mass is 9.90. The molecular weight excluding hydrogens is 268 g/mol. The zero-order valence-corrected chi connectivity index (χ0v) is 12.8. The van der Waals surface area contributed by atoms with Crippen LogP contribution in [-0.4, -0.2) is 47.1 Å². The van der Waals surface area contributed by atoms with Crippen LogP contribution in [0.15, 0.2) is 12.1 Å². The fourth-order valence-electron chi connectivity index (χ4n) is 3.32. The second kappa shape index (κ2) is 5.91. The molecule has 3 heterocycles. The average Bonchev–Trinajstić information content (AvgIpc) is 2.92. The van der Waals surface area contributed by atoms with E-state index in [9.17, 15) is 5.11 Å². The SMILES string of the molecule is Cc1ccc(O)c(CN2CCC[C@H](C3(C)OCCO3)C2)n1. The van der Waals surface area contributed by atoms with E-state index in [-0.39, 0.29) is 5.75 Å². The normalized spacial score (nSPS) is 26.1. The van der Waals surface area contributed by atoms with Gasteiger partial charge in [-0.3, -0.25) is 9.88 Å². The summed E-state index contributed by atoms with van der Waals surface area (Å²) in [6.45, 7) is 8.01. The summed E-state index contributed by atoms with van der Waals surface area (Å²) in [5.41, 5.74) is 1.69. The predicted octanol–water partition coefficient (Wildman–Crippen LogP) is 2.07. The van der Waals surface area contributed by atoms with Crippen molar-refractivity contribution in [3.8, 4) is 5.75 Å². The maximum Gasteiger partial charge on any atom is 0.169 e. The molecule has 0 aliphatic carbocycles. The van der Waals surface area contributed by atoms with E-state index in [2.05, 4.69) is 16.8 Å². The Kier molecular flexibility index (Phi) is 4.15. The number of aromatic hydroxyl groups is 1. The average molecular weight is 292 g/mol. The number of aryl methyl sites for hydroxylation is 1. The van der Waals surface area contributed by atoms with Crippen molar-refractivity contribution in [1.29, 1.82) is 0 Å². The van der Waals surface area contributed by atoms with Gasteiger partial charge in [0.25, 0.3) is 0 Å². The van der Waals surface area contributed by atoms with Gasteiger partial charge in [0.15, 0.2) is 5.79 Å². The summed E-state index contributed by atoms with van der Waals surface area (Å²) < 4.78 is 11.6. The highest BCUT2D eigenvalue weighted by atomic mass is 16.7. The van der Waals surface area contributed by atoms with Crippen LogP contribution in [0.5, 0.6) is 5.75 Å². The summed E-state index contributed by atoms with van der Waals surface area (Å²) in [5.74, 6) is 0.212. The molecule has 1 aromatic heterocycles. The van der Waals surface area contributed by atoms with Gasteiger partial charge >= 0.3 is 0 Å². The first-order valence-electron chi connectivity index (χ1n) is 7.72. The fraction of sp³-hybridized carbons (Fsp3) is 0.688. The Hall–Kier alpha value is -1.17. The van der Waals surface area contributed by atoms with Gasteiger partial charge in [-0.2, -0.15) is 0 Å². The van der Waals surface area contributed by atoms with E-state index in [4.69, 9.17) is 9.47 Å². The summed E-state index contributed by atoms with van der Waals surface area (Å²) in [4.78, 5) is 6.79. The van der Waals surface area contributed by atoms with E-state index in [0.29, 0.717) is 25.7 Å². The summed E-state index contributed by atoms with van der Waals surface area (Å²) in [7, 11) is 0. The topological polar surface area (TPSA) is 54.8 Å². The molecule has 21 heavy (non-hydrogen) atoms. The van der Waals surface area contributed by atoms with E-state index < -0.39 is 5.79 Å². The van der Waals surface area contributed by atoms with Gasteiger partial charge in [-0.1, -0.05) is 0 Å². The zero-order chi connectivity index (χ0) is 14.9. The van der Waals surface area contributed by atoms with Crippen molar-refractivity contribution in [3.05, 3.63) is 23.5 Å². The van der Waals surface area contributed by atoms with Crippen molar-refractivity contribution in [3.63, 3.8) is 0 Å². The Bertz CT molecular complexity index is 500. The van der Waals surface area contributed by atoms with Gasteiger partial charge in [0.2, 0.25) is 0 Å². The molecular formula is C16H24N2O3. The quantitative estimate of drug-likeness (QED) is 0.924. The summed E-state index contributed by atoms with van der Waals surface area (Å²) in [6, 6.07) is 3.56. The number of hydrogen-bond acceptors (Lipinski definition) is 5. The molecule has 5 nitrogen and oxygen atoms in total. The fourth-order valence-corrected chi connectivity index (χ4v) is 3.32. The van der Waals surface area contributed by atoms with Crippen molar-refractivity contribution in [2.24, 2.45) is 5.92 Å². The van der Waals surface area contributed by atoms with E-state index in [0.717, 1.165) is 37.3 Å². The van der Waals surface area contributed by atoms with E-state index >= 15 is 0 Å². The predicted molar refractivity (Wildman–Crippen MR) is 78.9 cm³/mol. The maximum absolute atomic E-state index is 9.96. The van der Waals surface area contributed by atoms with Gasteiger partial charge < -0.3 is 14.6 Å². The van der Waals surface area contributed by atoms with Gasteiger partial charge in [0.05, 0.1) is 18.9 Å². The number of likely N-dealkylation sites (tertiary alicyclic amines) is 1. The smallest absolute Gasteiger partial charge is 0.169 e. The van der Waals surface area contributed by atoms with Gasteiger partial charge in [-0.15, -0.1) is 0 Å². The van der Waals surface area contributed by atoms with Crippen LogP contribution in [-0.2, 0) is 16.0 Å². The third kappa shape index (κ3) is 3.20. The van der Waals surface area contributed by atoms with Crippen LogP contribution >= 0.6 is 0 Å². The number of aromatic nitrogens is 1. The molecule has 0 bridgehead atoms.